The van der Waals surface area contributed by atoms with Gasteiger partial charge in [0, 0.05) is 19.7 Å². The molecule has 0 aliphatic rings. The fourth-order valence-electron chi connectivity index (χ4n) is 1.34. The summed E-state index contributed by atoms with van der Waals surface area (Å²) in [7, 11) is -0.443. The van der Waals surface area contributed by atoms with Crippen molar-refractivity contribution < 1.29 is 13.2 Å². The zero-order chi connectivity index (χ0) is 13.8. The first-order valence-electron chi connectivity index (χ1n) is 5.24. The highest BCUT2D eigenvalue weighted by Gasteiger charge is 2.18. The molecular weight excluding hydrogens is 272 g/mol. The molecule has 0 heterocycles. The van der Waals surface area contributed by atoms with Crippen molar-refractivity contribution in [2.24, 2.45) is 5.73 Å². The lowest BCUT2D eigenvalue weighted by Gasteiger charge is -2.19. The van der Waals surface area contributed by atoms with Gasteiger partial charge >= 0.3 is 0 Å². The molecule has 1 aromatic rings. The smallest absolute Gasteiger partial charge is 0.237 e. The van der Waals surface area contributed by atoms with Gasteiger partial charge in [0.2, 0.25) is 10.0 Å². The first-order valence-corrected chi connectivity index (χ1v) is 7.25. The summed E-state index contributed by atoms with van der Waals surface area (Å²) in [6.45, 7) is 0.154. The van der Waals surface area contributed by atoms with Crippen LogP contribution >= 0.6 is 12.2 Å². The normalized spacial score (nSPS) is 11.2. The SMILES string of the molecule is COCCS(=O)(=O)N(C)c1cccc(C(N)=S)c1. The van der Waals surface area contributed by atoms with E-state index in [1.165, 1.54) is 18.5 Å². The van der Waals surface area contributed by atoms with E-state index in [0.29, 0.717) is 11.3 Å². The molecule has 7 heteroatoms. The second kappa shape index (κ2) is 6.12. The molecule has 0 radical (unpaired) electrons. The van der Waals surface area contributed by atoms with Crippen molar-refractivity contribution in [3.05, 3.63) is 29.8 Å². The van der Waals surface area contributed by atoms with Crippen LogP contribution in [0.15, 0.2) is 24.3 Å². The van der Waals surface area contributed by atoms with Crippen LogP contribution in [0.5, 0.6) is 0 Å². The molecule has 2 N–H and O–H groups in total. The van der Waals surface area contributed by atoms with Crippen molar-refractivity contribution in [1.29, 1.82) is 0 Å². The second-order valence-electron chi connectivity index (χ2n) is 3.69. The summed E-state index contributed by atoms with van der Waals surface area (Å²) in [6, 6.07) is 6.78. The molecule has 0 aliphatic carbocycles. The minimum absolute atomic E-state index is 0.0721. The molecule has 0 fully saturated rings. The molecule has 100 valence electrons. The number of anilines is 1. The molecule has 1 aromatic carbocycles. The van der Waals surface area contributed by atoms with Crippen molar-refractivity contribution in [1.82, 2.24) is 0 Å². The number of hydrogen-bond acceptors (Lipinski definition) is 4. The summed E-state index contributed by atoms with van der Waals surface area (Å²) in [5.41, 5.74) is 6.68. The first-order chi connectivity index (χ1) is 8.38. The quantitative estimate of drug-likeness (QED) is 0.781. The van der Waals surface area contributed by atoms with Crippen LogP contribution < -0.4 is 10.0 Å². The molecule has 0 saturated carbocycles. The predicted molar refractivity (Wildman–Crippen MR) is 76.4 cm³/mol. The zero-order valence-corrected chi connectivity index (χ0v) is 11.9. The zero-order valence-electron chi connectivity index (χ0n) is 10.3. The third-order valence-corrected chi connectivity index (χ3v) is 4.42. The van der Waals surface area contributed by atoms with Gasteiger partial charge in [0.05, 0.1) is 18.0 Å². The van der Waals surface area contributed by atoms with Gasteiger partial charge in [-0.25, -0.2) is 8.42 Å². The highest BCUT2D eigenvalue weighted by atomic mass is 32.2. The summed E-state index contributed by atoms with van der Waals surface area (Å²) in [5.74, 6) is -0.0721. The first kappa shape index (κ1) is 14.9. The van der Waals surface area contributed by atoms with Crippen LogP contribution in [-0.2, 0) is 14.8 Å². The van der Waals surface area contributed by atoms with E-state index in [1.807, 2.05) is 0 Å². The number of thiocarbonyl (C=S) groups is 1. The Hall–Kier alpha value is -1.18. The maximum absolute atomic E-state index is 12.0. The Morgan fingerprint density at radius 3 is 2.72 bits per heavy atom. The Kier molecular flexibility index (Phi) is 5.06. The molecule has 0 unspecified atom stereocenters. The van der Waals surface area contributed by atoms with E-state index in [2.05, 4.69) is 0 Å². The number of methoxy groups -OCH3 is 1. The number of nitrogens with zero attached hydrogens (tertiary/aromatic N) is 1. The van der Waals surface area contributed by atoms with E-state index in [9.17, 15) is 8.42 Å². The maximum atomic E-state index is 12.0. The summed E-state index contributed by atoms with van der Waals surface area (Å²) in [4.78, 5) is 0.236. The monoisotopic (exact) mass is 288 g/mol. The van der Waals surface area contributed by atoms with Crippen LogP contribution in [0.3, 0.4) is 0 Å². The molecule has 0 bridgehead atoms. The van der Waals surface area contributed by atoms with Crippen LogP contribution in [0.2, 0.25) is 0 Å². The van der Waals surface area contributed by atoms with Gasteiger partial charge < -0.3 is 10.5 Å². The summed E-state index contributed by atoms with van der Waals surface area (Å²) in [5, 5.41) is 0. The van der Waals surface area contributed by atoms with Crippen LogP contribution in [0.1, 0.15) is 5.56 Å². The second-order valence-corrected chi connectivity index (χ2v) is 6.25. The van der Waals surface area contributed by atoms with Crippen LogP contribution in [0.25, 0.3) is 0 Å². The van der Waals surface area contributed by atoms with Gasteiger partial charge in [0.1, 0.15) is 4.99 Å². The number of benzene rings is 1. The lowest BCUT2D eigenvalue weighted by atomic mass is 10.2. The highest BCUT2D eigenvalue weighted by Crippen LogP contribution is 2.18. The molecule has 0 spiro atoms. The Balaban J connectivity index is 3.00. The van der Waals surface area contributed by atoms with Gasteiger partial charge in [0.15, 0.2) is 0 Å². The van der Waals surface area contributed by atoms with Crippen molar-refractivity contribution in [2.75, 3.05) is 30.8 Å². The Morgan fingerprint density at radius 1 is 1.50 bits per heavy atom. The van der Waals surface area contributed by atoms with E-state index in [1.54, 1.807) is 24.3 Å². The van der Waals surface area contributed by atoms with Gasteiger partial charge in [0.25, 0.3) is 0 Å². The molecule has 18 heavy (non-hydrogen) atoms. The minimum atomic E-state index is -3.39. The van der Waals surface area contributed by atoms with Gasteiger partial charge in [-0.05, 0) is 12.1 Å². The number of rotatable bonds is 6. The van der Waals surface area contributed by atoms with Gasteiger partial charge in [-0.3, -0.25) is 4.31 Å². The number of nitrogens with two attached hydrogens (primary N) is 1. The Labute approximate surface area is 113 Å². The van der Waals surface area contributed by atoms with E-state index in [4.69, 9.17) is 22.7 Å². The molecule has 0 aliphatic heterocycles. The Bertz CT molecular complexity index is 529. The summed E-state index contributed by atoms with van der Waals surface area (Å²) < 4.78 is 29.9. The number of sulfonamides is 1. The molecule has 0 atom stereocenters. The van der Waals surface area contributed by atoms with Crippen molar-refractivity contribution >= 4 is 32.9 Å². The van der Waals surface area contributed by atoms with E-state index >= 15 is 0 Å². The van der Waals surface area contributed by atoms with Crippen molar-refractivity contribution in [3.63, 3.8) is 0 Å². The maximum Gasteiger partial charge on any atom is 0.237 e. The van der Waals surface area contributed by atoms with E-state index in [0.717, 1.165) is 0 Å². The lowest BCUT2D eigenvalue weighted by molar-refractivity contribution is 0.217. The van der Waals surface area contributed by atoms with Gasteiger partial charge in [-0.1, -0.05) is 24.4 Å². The third-order valence-electron chi connectivity index (χ3n) is 2.46. The topological polar surface area (TPSA) is 72.6 Å². The van der Waals surface area contributed by atoms with E-state index in [-0.39, 0.29) is 17.3 Å². The summed E-state index contributed by atoms with van der Waals surface area (Å²) >= 11 is 4.86. The van der Waals surface area contributed by atoms with Crippen molar-refractivity contribution in [2.45, 2.75) is 0 Å². The summed E-state index contributed by atoms with van der Waals surface area (Å²) in [6.07, 6.45) is 0. The fourth-order valence-corrected chi connectivity index (χ4v) is 2.55. The molecule has 0 aromatic heterocycles. The number of hydrogen-bond donors (Lipinski definition) is 1. The van der Waals surface area contributed by atoms with Gasteiger partial charge in [-0.15, -0.1) is 0 Å². The lowest BCUT2D eigenvalue weighted by Crippen LogP contribution is -2.30. The fraction of sp³-hybridized carbons (Fsp3) is 0.364. The van der Waals surface area contributed by atoms with Crippen LogP contribution in [-0.4, -0.2) is 39.9 Å². The molecule has 5 nitrogen and oxygen atoms in total. The van der Waals surface area contributed by atoms with Crippen molar-refractivity contribution in [3.8, 4) is 0 Å². The largest absolute Gasteiger partial charge is 0.389 e. The van der Waals surface area contributed by atoms with Crippen LogP contribution in [0.4, 0.5) is 5.69 Å². The van der Waals surface area contributed by atoms with Gasteiger partial charge in [-0.2, -0.15) is 0 Å². The highest BCUT2D eigenvalue weighted by molar-refractivity contribution is 7.92. The average molecular weight is 288 g/mol. The molecular formula is C11H16N2O3S2. The minimum Gasteiger partial charge on any atom is -0.389 e. The predicted octanol–water partition coefficient (Wildman–Crippen LogP) is 0.733. The van der Waals surface area contributed by atoms with Crippen LogP contribution in [0, 0.1) is 0 Å². The third kappa shape index (κ3) is 3.66. The standard InChI is InChI=1S/C11H16N2O3S2/c1-13(18(14,15)7-6-16-2)10-5-3-4-9(8-10)11(12)17/h3-5,8H,6-7H2,1-2H3,(H2,12,17). The molecule has 0 amide bonds. The number of ether oxygens (including phenoxy) is 1. The Morgan fingerprint density at radius 2 is 2.17 bits per heavy atom. The molecule has 0 saturated heterocycles. The average Bonchev–Trinajstić information content (AvgIpc) is 2.35. The van der Waals surface area contributed by atoms with E-state index < -0.39 is 10.0 Å². The molecule has 1 rings (SSSR count).